The molecule has 0 heterocycles. The summed E-state index contributed by atoms with van der Waals surface area (Å²) in [6, 6.07) is 8.54. The average molecular weight is 281 g/mol. The Morgan fingerprint density at radius 2 is 1.75 bits per heavy atom. The zero-order valence-corrected chi connectivity index (χ0v) is 12.4. The molecule has 0 bridgehead atoms. The third-order valence-corrected chi connectivity index (χ3v) is 2.07. The molecule has 0 radical (unpaired) electrons. The molecule has 0 spiro atoms. The van der Waals surface area contributed by atoms with Gasteiger partial charge in [0, 0.05) is 6.92 Å². The fraction of sp³-hybridized carbons (Fsp3) is 0.467. The molecule has 0 saturated carbocycles. The Hall–Kier alpha value is -1.88. The van der Waals surface area contributed by atoms with Crippen LogP contribution in [0.2, 0.25) is 0 Å². The van der Waals surface area contributed by atoms with Gasteiger partial charge in [-0.1, -0.05) is 30.3 Å². The quantitative estimate of drug-likeness (QED) is 0.827. The van der Waals surface area contributed by atoms with Gasteiger partial charge in [-0.2, -0.15) is 0 Å². The summed E-state index contributed by atoms with van der Waals surface area (Å²) in [6.07, 6.45) is 0.385. The van der Waals surface area contributed by atoms with Crippen molar-refractivity contribution in [3.63, 3.8) is 0 Å². The lowest BCUT2D eigenvalue weighted by Crippen LogP contribution is -2.32. The summed E-state index contributed by atoms with van der Waals surface area (Å²) >= 11 is 0. The van der Waals surface area contributed by atoms with Crippen molar-refractivity contribution < 1.29 is 19.4 Å². The van der Waals surface area contributed by atoms with Crippen LogP contribution in [0.4, 0.5) is 0 Å². The summed E-state index contributed by atoms with van der Waals surface area (Å²) in [7, 11) is 0. The van der Waals surface area contributed by atoms with Gasteiger partial charge in [-0.25, -0.2) is 0 Å². The molecule has 112 valence electrons. The van der Waals surface area contributed by atoms with E-state index >= 15 is 0 Å². The molecule has 1 aromatic rings. The number of carboxylic acids is 1. The smallest absolute Gasteiger partial charge is 0.320 e. The highest BCUT2D eigenvalue weighted by atomic mass is 16.6. The average Bonchev–Trinajstić information content (AvgIpc) is 2.27. The Morgan fingerprint density at radius 1 is 1.25 bits per heavy atom. The van der Waals surface area contributed by atoms with Gasteiger partial charge in [0.2, 0.25) is 0 Å². The molecule has 1 rings (SSSR count). The van der Waals surface area contributed by atoms with Crippen LogP contribution in [-0.4, -0.2) is 28.7 Å². The van der Waals surface area contributed by atoms with Gasteiger partial charge in [-0.05, 0) is 32.8 Å². The number of rotatable bonds is 3. The van der Waals surface area contributed by atoms with Crippen molar-refractivity contribution in [1.29, 1.82) is 0 Å². The summed E-state index contributed by atoms with van der Waals surface area (Å²) in [5.41, 5.74) is 5.97. The molecule has 1 atom stereocenters. The standard InChI is InChI=1S/C9H11NO2.C6H12O2/c10-8(9(11)12)6-7-4-2-1-3-5-7;1-5(7)8-6(2,3)4/h1-5,8H,6,10H2,(H,11,12);1-4H3/t8-;/m0./s1. The Morgan fingerprint density at radius 3 is 2.05 bits per heavy atom. The number of hydrogen-bond acceptors (Lipinski definition) is 4. The first-order valence-electron chi connectivity index (χ1n) is 6.33. The highest BCUT2D eigenvalue weighted by Gasteiger charge is 2.12. The lowest BCUT2D eigenvalue weighted by molar-refractivity contribution is -0.151. The van der Waals surface area contributed by atoms with E-state index in [1.54, 1.807) is 0 Å². The molecule has 0 unspecified atom stereocenters. The summed E-state index contributed by atoms with van der Waals surface area (Å²) in [5, 5.41) is 8.52. The Bertz CT molecular complexity index is 423. The Kier molecular flexibility index (Phi) is 7.54. The first-order valence-corrected chi connectivity index (χ1v) is 6.33. The fourth-order valence-electron chi connectivity index (χ4n) is 1.39. The number of benzene rings is 1. The van der Waals surface area contributed by atoms with Crippen molar-refractivity contribution >= 4 is 11.9 Å². The minimum absolute atomic E-state index is 0.225. The molecule has 0 fully saturated rings. The predicted molar refractivity (Wildman–Crippen MR) is 77.3 cm³/mol. The summed E-state index contributed by atoms with van der Waals surface area (Å²) in [6.45, 7) is 6.93. The van der Waals surface area contributed by atoms with Gasteiger partial charge in [0.25, 0.3) is 0 Å². The van der Waals surface area contributed by atoms with Crippen LogP contribution in [0.15, 0.2) is 30.3 Å². The number of carboxylic acid groups (broad SMARTS) is 1. The third-order valence-electron chi connectivity index (χ3n) is 2.07. The van der Waals surface area contributed by atoms with Gasteiger partial charge in [-0.3, -0.25) is 9.59 Å². The van der Waals surface area contributed by atoms with Gasteiger partial charge in [0.05, 0.1) is 0 Å². The van der Waals surface area contributed by atoms with Crippen LogP contribution in [-0.2, 0) is 20.7 Å². The van der Waals surface area contributed by atoms with Gasteiger partial charge in [-0.15, -0.1) is 0 Å². The lowest BCUT2D eigenvalue weighted by atomic mass is 10.1. The maximum absolute atomic E-state index is 10.4. The molecule has 20 heavy (non-hydrogen) atoms. The van der Waals surface area contributed by atoms with Crippen LogP contribution in [0.1, 0.15) is 33.3 Å². The maximum Gasteiger partial charge on any atom is 0.320 e. The van der Waals surface area contributed by atoms with Crippen LogP contribution in [0.25, 0.3) is 0 Å². The minimum Gasteiger partial charge on any atom is -0.480 e. The van der Waals surface area contributed by atoms with Crippen molar-refractivity contribution in [3.05, 3.63) is 35.9 Å². The van der Waals surface area contributed by atoms with E-state index in [9.17, 15) is 9.59 Å². The van der Waals surface area contributed by atoms with Gasteiger partial charge in [0.15, 0.2) is 0 Å². The fourth-order valence-corrected chi connectivity index (χ4v) is 1.39. The molecule has 0 aliphatic rings. The first kappa shape index (κ1) is 18.1. The Balaban J connectivity index is 0.000000396. The van der Waals surface area contributed by atoms with Gasteiger partial charge in [0.1, 0.15) is 11.6 Å². The molecule has 0 aromatic heterocycles. The molecule has 1 aromatic carbocycles. The van der Waals surface area contributed by atoms with Crippen LogP contribution in [0.5, 0.6) is 0 Å². The second-order valence-corrected chi connectivity index (χ2v) is 5.34. The van der Waals surface area contributed by atoms with Crippen molar-refractivity contribution in [2.24, 2.45) is 5.73 Å². The predicted octanol–water partition coefficient (Wildman–Crippen LogP) is 1.99. The summed E-state index contributed by atoms with van der Waals surface area (Å²) < 4.78 is 4.80. The number of carbonyl (C=O) groups is 2. The zero-order chi connectivity index (χ0) is 15.8. The molecular weight excluding hydrogens is 258 g/mol. The van der Waals surface area contributed by atoms with E-state index in [0.29, 0.717) is 6.42 Å². The molecular formula is C15H23NO4. The van der Waals surface area contributed by atoms with E-state index in [0.717, 1.165) is 5.56 Å². The molecule has 5 nitrogen and oxygen atoms in total. The number of carbonyl (C=O) groups excluding carboxylic acids is 1. The third kappa shape index (κ3) is 10.1. The molecule has 0 amide bonds. The molecule has 0 aliphatic heterocycles. The van der Waals surface area contributed by atoms with Crippen molar-refractivity contribution in [2.45, 2.75) is 45.8 Å². The SMILES string of the molecule is CC(=O)OC(C)(C)C.N[C@@H](Cc1ccccc1)C(=O)O. The van der Waals surface area contributed by atoms with E-state index < -0.39 is 12.0 Å². The molecule has 0 aliphatic carbocycles. The van der Waals surface area contributed by atoms with Crippen LogP contribution < -0.4 is 5.73 Å². The number of hydrogen-bond donors (Lipinski definition) is 2. The van der Waals surface area contributed by atoms with Gasteiger partial charge < -0.3 is 15.6 Å². The van der Waals surface area contributed by atoms with Crippen LogP contribution in [0.3, 0.4) is 0 Å². The second kappa shape index (κ2) is 8.32. The van der Waals surface area contributed by atoms with Crippen LogP contribution in [0, 0.1) is 0 Å². The topological polar surface area (TPSA) is 89.6 Å². The van der Waals surface area contributed by atoms with E-state index in [-0.39, 0.29) is 11.6 Å². The van der Waals surface area contributed by atoms with E-state index in [2.05, 4.69) is 0 Å². The number of esters is 1. The second-order valence-electron chi connectivity index (χ2n) is 5.34. The number of ether oxygens (including phenoxy) is 1. The number of nitrogens with two attached hydrogens (primary N) is 1. The first-order chi connectivity index (χ1) is 9.11. The maximum atomic E-state index is 10.4. The highest BCUT2D eigenvalue weighted by Crippen LogP contribution is 2.05. The van der Waals surface area contributed by atoms with Gasteiger partial charge >= 0.3 is 11.9 Å². The summed E-state index contributed by atoms with van der Waals surface area (Å²) in [5.74, 6) is -1.18. The minimum atomic E-state index is -0.959. The normalized spacial score (nSPS) is 11.8. The zero-order valence-electron chi connectivity index (χ0n) is 12.4. The van der Waals surface area contributed by atoms with Crippen molar-refractivity contribution in [2.75, 3.05) is 0 Å². The monoisotopic (exact) mass is 281 g/mol. The highest BCUT2D eigenvalue weighted by molar-refractivity contribution is 5.73. The molecule has 0 saturated heterocycles. The van der Waals surface area contributed by atoms with E-state index in [4.69, 9.17) is 15.6 Å². The van der Waals surface area contributed by atoms with Crippen molar-refractivity contribution in [1.82, 2.24) is 0 Å². The lowest BCUT2D eigenvalue weighted by Gasteiger charge is -2.17. The Labute approximate surface area is 119 Å². The van der Waals surface area contributed by atoms with Crippen molar-refractivity contribution in [3.8, 4) is 0 Å². The van der Waals surface area contributed by atoms with Crippen LogP contribution >= 0.6 is 0 Å². The van der Waals surface area contributed by atoms with E-state index in [1.165, 1.54) is 6.92 Å². The molecule has 3 N–H and O–H groups in total. The molecule has 5 heteroatoms. The van der Waals surface area contributed by atoms with E-state index in [1.807, 2.05) is 51.1 Å². The number of aliphatic carboxylic acids is 1. The largest absolute Gasteiger partial charge is 0.480 e. The summed E-state index contributed by atoms with van der Waals surface area (Å²) in [4.78, 5) is 20.6.